The van der Waals surface area contributed by atoms with Gasteiger partial charge in [-0.15, -0.1) is 0 Å². The van der Waals surface area contributed by atoms with Crippen LogP contribution >= 0.6 is 0 Å². The summed E-state index contributed by atoms with van der Waals surface area (Å²) in [5, 5.41) is 0. The van der Waals surface area contributed by atoms with Gasteiger partial charge in [0, 0.05) is 19.8 Å². The highest BCUT2D eigenvalue weighted by Gasteiger charge is 2.14. The van der Waals surface area contributed by atoms with Gasteiger partial charge in [-0.3, -0.25) is 0 Å². The van der Waals surface area contributed by atoms with Crippen molar-refractivity contribution in [2.24, 2.45) is 5.73 Å². The smallest absolute Gasteiger partial charge is 0.177 e. The van der Waals surface area contributed by atoms with Crippen molar-refractivity contribution in [3.05, 3.63) is 24.3 Å². The summed E-state index contributed by atoms with van der Waals surface area (Å²) < 4.78 is 23.2. The molecule has 0 bridgehead atoms. The maximum Gasteiger partial charge on any atom is 0.177 e. The standard InChI is InChI=1S/C11H18N2O2S/c1-13(9-5-8-12)10-6-3-4-7-11(10)16(2,14)15/h3-4,6-7H,5,8-9,12H2,1-2H3. The predicted molar refractivity (Wildman–Crippen MR) is 66.5 cm³/mol. The van der Waals surface area contributed by atoms with Gasteiger partial charge in [-0.1, -0.05) is 12.1 Å². The first-order valence-electron chi connectivity index (χ1n) is 5.17. The molecule has 0 radical (unpaired) electrons. The molecule has 0 aromatic heterocycles. The summed E-state index contributed by atoms with van der Waals surface area (Å²) in [5.41, 5.74) is 6.17. The summed E-state index contributed by atoms with van der Waals surface area (Å²) >= 11 is 0. The molecule has 1 aromatic rings. The third-order valence-corrected chi connectivity index (χ3v) is 3.52. The molecule has 0 aliphatic carbocycles. The zero-order chi connectivity index (χ0) is 12.2. The monoisotopic (exact) mass is 242 g/mol. The van der Waals surface area contributed by atoms with Crippen LogP contribution in [0.3, 0.4) is 0 Å². The van der Waals surface area contributed by atoms with E-state index in [1.165, 1.54) is 6.26 Å². The third-order valence-electron chi connectivity index (χ3n) is 2.37. The van der Waals surface area contributed by atoms with Crippen molar-refractivity contribution in [2.45, 2.75) is 11.3 Å². The Hall–Kier alpha value is -1.07. The number of anilines is 1. The second-order valence-corrected chi connectivity index (χ2v) is 5.79. The van der Waals surface area contributed by atoms with Gasteiger partial charge >= 0.3 is 0 Å². The SMILES string of the molecule is CN(CCCN)c1ccccc1S(C)(=O)=O. The molecule has 0 atom stereocenters. The molecule has 0 heterocycles. The number of sulfone groups is 1. The van der Waals surface area contributed by atoms with Crippen LogP contribution in [0.15, 0.2) is 29.2 Å². The molecule has 90 valence electrons. The van der Waals surface area contributed by atoms with Gasteiger partial charge in [-0.25, -0.2) is 8.42 Å². The molecule has 4 nitrogen and oxygen atoms in total. The number of hydrogen-bond donors (Lipinski definition) is 1. The lowest BCUT2D eigenvalue weighted by molar-refractivity contribution is 0.601. The Morgan fingerprint density at radius 3 is 2.50 bits per heavy atom. The van der Waals surface area contributed by atoms with Crippen molar-refractivity contribution >= 4 is 15.5 Å². The molecule has 0 aliphatic heterocycles. The third kappa shape index (κ3) is 3.21. The van der Waals surface area contributed by atoms with Gasteiger partial charge < -0.3 is 10.6 Å². The summed E-state index contributed by atoms with van der Waals surface area (Å²) in [4.78, 5) is 2.29. The minimum Gasteiger partial charge on any atom is -0.373 e. The molecule has 0 fully saturated rings. The minimum atomic E-state index is -3.18. The van der Waals surface area contributed by atoms with E-state index in [9.17, 15) is 8.42 Å². The first kappa shape index (κ1) is 13.0. The van der Waals surface area contributed by atoms with Gasteiger partial charge in [0.1, 0.15) is 0 Å². The molecule has 16 heavy (non-hydrogen) atoms. The topological polar surface area (TPSA) is 63.4 Å². The van der Waals surface area contributed by atoms with E-state index in [1.54, 1.807) is 12.1 Å². The molecular weight excluding hydrogens is 224 g/mol. The lowest BCUT2D eigenvalue weighted by Crippen LogP contribution is -2.22. The summed E-state index contributed by atoms with van der Waals surface area (Å²) in [6, 6.07) is 7.01. The van der Waals surface area contributed by atoms with Crippen molar-refractivity contribution in [1.29, 1.82) is 0 Å². The van der Waals surface area contributed by atoms with E-state index < -0.39 is 9.84 Å². The fraction of sp³-hybridized carbons (Fsp3) is 0.455. The molecule has 0 saturated heterocycles. The summed E-state index contributed by atoms with van der Waals surface area (Å²) in [6.45, 7) is 1.36. The molecular formula is C11H18N2O2S. The highest BCUT2D eigenvalue weighted by molar-refractivity contribution is 7.90. The van der Waals surface area contributed by atoms with E-state index in [-0.39, 0.29) is 0 Å². The van der Waals surface area contributed by atoms with Crippen LogP contribution in [0.2, 0.25) is 0 Å². The summed E-state index contributed by atoms with van der Waals surface area (Å²) in [5.74, 6) is 0. The molecule has 0 unspecified atom stereocenters. The van der Waals surface area contributed by atoms with Crippen LogP contribution in [0.1, 0.15) is 6.42 Å². The minimum absolute atomic E-state index is 0.370. The maximum absolute atomic E-state index is 11.6. The van der Waals surface area contributed by atoms with Crippen molar-refractivity contribution < 1.29 is 8.42 Å². The number of para-hydroxylation sites is 1. The number of rotatable bonds is 5. The second kappa shape index (κ2) is 5.32. The van der Waals surface area contributed by atoms with E-state index >= 15 is 0 Å². The van der Waals surface area contributed by atoms with Gasteiger partial charge in [0.2, 0.25) is 0 Å². The quantitative estimate of drug-likeness (QED) is 0.832. The highest BCUT2D eigenvalue weighted by Crippen LogP contribution is 2.23. The first-order chi connectivity index (χ1) is 7.46. The largest absolute Gasteiger partial charge is 0.373 e. The van der Waals surface area contributed by atoms with Crippen molar-refractivity contribution in [1.82, 2.24) is 0 Å². The van der Waals surface area contributed by atoms with Crippen LogP contribution in [0.5, 0.6) is 0 Å². The highest BCUT2D eigenvalue weighted by atomic mass is 32.2. The molecule has 0 amide bonds. The van der Waals surface area contributed by atoms with Crippen molar-refractivity contribution in [3.8, 4) is 0 Å². The molecule has 1 aromatic carbocycles. The van der Waals surface area contributed by atoms with Crippen molar-refractivity contribution in [3.63, 3.8) is 0 Å². The molecule has 0 spiro atoms. The van der Waals surface area contributed by atoms with Gasteiger partial charge in [0.25, 0.3) is 0 Å². The molecule has 1 rings (SSSR count). The molecule has 0 aliphatic rings. The van der Waals surface area contributed by atoms with E-state index in [0.717, 1.165) is 18.7 Å². The van der Waals surface area contributed by atoms with Crippen LogP contribution in [-0.2, 0) is 9.84 Å². The van der Waals surface area contributed by atoms with Gasteiger partial charge in [-0.05, 0) is 25.1 Å². The van der Waals surface area contributed by atoms with Crippen LogP contribution in [0, 0.1) is 0 Å². The zero-order valence-electron chi connectivity index (χ0n) is 9.68. The van der Waals surface area contributed by atoms with Crippen LogP contribution < -0.4 is 10.6 Å². The number of nitrogens with two attached hydrogens (primary N) is 1. The lowest BCUT2D eigenvalue weighted by atomic mass is 10.3. The number of nitrogens with zero attached hydrogens (tertiary/aromatic N) is 1. The van der Waals surface area contributed by atoms with Crippen LogP contribution in [0.4, 0.5) is 5.69 Å². The Morgan fingerprint density at radius 2 is 1.94 bits per heavy atom. The van der Waals surface area contributed by atoms with Crippen molar-refractivity contribution in [2.75, 3.05) is 31.3 Å². The van der Waals surface area contributed by atoms with Gasteiger partial charge in [0.15, 0.2) is 9.84 Å². The Labute approximate surface area is 97.0 Å². The Morgan fingerprint density at radius 1 is 1.31 bits per heavy atom. The fourth-order valence-electron chi connectivity index (χ4n) is 1.53. The average Bonchev–Trinajstić information content (AvgIpc) is 2.24. The predicted octanol–water partition coefficient (Wildman–Crippen LogP) is 0.875. The molecule has 2 N–H and O–H groups in total. The number of hydrogen-bond acceptors (Lipinski definition) is 4. The van der Waals surface area contributed by atoms with Crippen LogP contribution in [0.25, 0.3) is 0 Å². The van der Waals surface area contributed by atoms with Gasteiger partial charge in [0.05, 0.1) is 10.6 Å². The van der Waals surface area contributed by atoms with E-state index in [0.29, 0.717) is 11.4 Å². The second-order valence-electron chi connectivity index (χ2n) is 3.80. The Bertz CT molecular complexity index is 443. The molecule has 0 saturated carbocycles. The first-order valence-corrected chi connectivity index (χ1v) is 7.06. The maximum atomic E-state index is 11.6. The number of benzene rings is 1. The van der Waals surface area contributed by atoms with E-state index in [1.807, 2.05) is 24.1 Å². The Kier molecular flexibility index (Phi) is 4.32. The fourth-order valence-corrected chi connectivity index (χ4v) is 2.46. The van der Waals surface area contributed by atoms with Crippen LogP contribution in [-0.4, -0.2) is 34.8 Å². The average molecular weight is 242 g/mol. The van der Waals surface area contributed by atoms with Gasteiger partial charge in [-0.2, -0.15) is 0 Å². The van der Waals surface area contributed by atoms with E-state index in [4.69, 9.17) is 5.73 Å². The normalized spacial score (nSPS) is 11.4. The Balaban J connectivity index is 3.04. The lowest BCUT2D eigenvalue weighted by Gasteiger charge is -2.21. The summed E-state index contributed by atoms with van der Waals surface area (Å²) in [7, 11) is -1.30. The molecule has 5 heteroatoms. The van der Waals surface area contributed by atoms with E-state index in [2.05, 4.69) is 0 Å². The summed E-state index contributed by atoms with van der Waals surface area (Å²) in [6.07, 6.45) is 2.07. The zero-order valence-corrected chi connectivity index (χ0v) is 10.5.